The lowest BCUT2D eigenvalue weighted by Gasteiger charge is -2.29. The van der Waals surface area contributed by atoms with Gasteiger partial charge < -0.3 is 25.4 Å². The lowest BCUT2D eigenvalue weighted by molar-refractivity contribution is -0.147. The van der Waals surface area contributed by atoms with Gasteiger partial charge in [0, 0.05) is 30.3 Å². The second-order valence-electron chi connectivity index (χ2n) is 9.73. The number of carboxylic acids is 1. The van der Waals surface area contributed by atoms with Gasteiger partial charge >= 0.3 is 12.1 Å². The normalized spacial score (nSPS) is 17.9. The molecule has 8 nitrogen and oxygen atoms in total. The monoisotopic (exact) mass is 455 g/mol. The number of benzene rings is 1. The number of hydrogen-bond donors (Lipinski definition) is 3. The Hall–Kier alpha value is -3.05. The van der Waals surface area contributed by atoms with Crippen LogP contribution in [0.15, 0.2) is 24.3 Å². The van der Waals surface area contributed by atoms with Crippen LogP contribution in [0, 0.1) is 23.2 Å². The van der Waals surface area contributed by atoms with Gasteiger partial charge in [0.25, 0.3) is 0 Å². The van der Waals surface area contributed by atoms with E-state index in [0.29, 0.717) is 31.0 Å². The summed E-state index contributed by atoms with van der Waals surface area (Å²) in [4.78, 5) is 37.5. The molecular formula is C25H33N3O5. The molecule has 8 heteroatoms. The van der Waals surface area contributed by atoms with Gasteiger partial charge in [0.15, 0.2) is 0 Å². The van der Waals surface area contributed by atoms with Crippen LogP contribution in [-0.2, 0) is 14.3 Å². The molecule has 1 aromatic carbocycles. The molecule has 1 saturated heterocycles. The van der Waals surface area contributed by atoms with Crippen LogP contribution in [-0.4, -0.2) is 59.8 Å². The number of aliphatic carboxylic acids is 1. The van der Waals surface area contributed by atoms with Gasteiger partial charge in [-0.3, -0.25) is 9.59 Å². The van der Waals surface area contributed by atoms with Crippen LogP contribution in [0.3, 0.4) is 0 Å². The maximum Gasteiger partial charge on any atom is 0.407 e. The summed E-state index contributed by atoms with van der Waals surface area (Å²) < 4.78 is 5.24. The van der Waals surface area contributed by atoms with E-state index >= 15 is 0 Å². The molecule has 2 aliphatic rings. The predicted molar refractivity (Wildman–Crippen MR) is 125 cm³/mol. The maximum absolute atomic E-state index is 12.2. The van der Waals surface area contributed by atoms with Gasteiger partial charge in [-0.05, 0) is 83.8 Å². The summed E-state index contributed by atoms with van der Waals surface area (Å²) in [5.41, 5.74) is -0.309. The average Bonchev–Trinajstić information content (AvgIpc) is 3.55. The van der Waals surface area contributed by atoms with E-state index in [-0.39, 0.29) is 6.09 Å². The highest BCUT2D eigenvalue weighted by Gasteiger charge is 2.57. The predicted octanol–water partition coefficient (Wildman–Crippen LogP) is 3.08. The number of carboxylic acid groups (broad SMARTS) is 1. The third-order valence-corrected chi connectivity index (χ3v) is 5.84. The largest absolute Gasteiger partial charge is 0.480 e. The van der Waals surface area contributed by atoms with Crippen molar-refractivity contribution in [2.75, 3.05) is 31.5 Å². The van der Waals surface area contributed by atoms with Crippen LogP contribution < -0.4 is 10.6 Å². The van der Waals surface area contributed by atoms with Crippen LogP contribution in [0.5, 0.6) is 0 Å². The zero-order chi connectivity index (χ0) is 24.1. The van der Waals surface area contributed by atoms with Crippen LogP contribution >= 0.6 is 0 Å². The zero-order valence-corrected chi connectivity index (χ0v) is 19.6. The molecule has 2 fully saturated rings. The van der Waals surface area contributed by atoms with E-state index in [9.17, 15) is 19.5 Å². The number of carbonyl (C=O) groups excluding carboxylic acids is 2. The zero-order valence-electron chi connectivity index (χ0n) is 19.6. The molecule has 0 unspecified atom stereocenters. The summed E-state index contributed by atoms with van der Waals surface area (Å²) >= 11 is 0. The summed E-state index contributed by atoms with van der Waals surface area (Å²) in [6.07, 6.45) is 2.34. The Morgan fingerprint density at radius 3 is 2.33 bits per heavy atom. The van der Waals surface area contributed by atoms with Crippen molar-refractivity contribution in [2.45, 2.75) is 52.1 Å². The standard InChI is InChI=1S/C25H33N3O5/c1-24(2,3)33-23(32)26-14-17-28-15-10-19(11-16-28)5-4-18-6-8-20(9-7-18)27-21(29)25(12-13-25)22(30)31/h6-9,19H,10-17H2,1-3H3,(H,26,32)(H,27,29)(H,30,31). The minimum atomic E-state index is -1.25. The quantitative estimate of drug-likeness (QED) is 0.449. The Labute approximate surface area is 195 Å². The number of anilines is 1. The van der Waals surface area contributed by atoms with Crippen molar-refractivity contribution in [2.24, 2.45) is 11.3 Å². The molecule has 2 amide bonds. The highest BCUT2D eigenvalue weighted by atomic mass is 16.6. The number of nitrogens with zero attached hydrogens (tertiary/aromatic N) is 1. The molecule has 178 valence electrons. The van der Waals surface area contributed by atoms with Crippen LogP contribution in [0.2, 0.25) is 0 Å². The topological polar surface area (TPSA) is 108 Å². The molecule has 1 aromatic rings. The van der Waals surface area contributed by atoms with Gasteiger partial charge in [0.1, 0.15) is 11.0 Å². The average molecular weight is 456 g/mol. The first-order chi connectivity index (χ1) is 15.6. The molecule has 3 N–H and O–H groups in total. The summed E-state index contributed by atoms with van der Waals surface area (Å²) in [5, 5.41) is 14.7. The molecule has 1 aliphatic heterocycles. The molecule has 0 bridgehead atoms. The van der Waals surface area contributed by atoms with Crippen molar-refractivity contribution in [1.29, 1.82) is 0 Å². The minimum Gasteiger partial charge on any atom is -0.480 e. The number of amides is 2. The fraction of sp³-hybridized carbons (Fsp3) is 0.560. The van der Waals surface area contributed by atoms with Gasteiger partial charge in [0.2, 0.25) is 5.91 Å². The highest BCUT2D eigenvalue weighted by molar-refractivity contribution is 6.10. The smallest absolute Gasteiger partial charge is 0.407 e. The van der Waals surface area contributed by atoms with Crippen molar-refractivity contribution in [3.05, 3.63) is 29.8 Å². The van der Waals surface area contributed by atoms with Gasteiger partial charge in [-0.1, -0.05) is 11.8 Å². The van der Waals surface area contributed by atoms with Crippen molar-refractivity contribution in [1.82, 2.24) is 10.2 Å². The number of hydrogen-bond acceptors (Lipinski definition) is 5. The van der Waals surface area contributed by atoms with Gasteiger partial charge in [-0.25, -0.2) is 4.79 Å². The molecule has 1 saturated carbocycles. The van der Waals surface area contributed by atoms with Gasteiger partial charge in [-0.2, -0.15) is 0 Å². The number of likely N-dealkylation sites (tertiary alicyclic amines) is 1. The van der Waals surface area contributed by atoms with Crippen molar-refractivity contribution >= 4 is 23.7 Å². The van der Waals surface area contributed by atoms with Crippen LogP contribution in [0.1, 0.15) is 52.0 Å². The summed E-state index contributed by atoms with van der Waals surface area (Å²) in [6.45, 7) is 8.75. The fourth-order valence-corrected chi connectivity index (χ4v) is 3.67. The Kier molecular flexibility index (Phi) is 7.65. The number of nitrogens with one attached hydrogen (secondary N) is 2. The number of carbonyl (C=O) groups is 3. The van der Waals surface area contributed by atoms with Gasteiger partial charge in [-0.15, -0.1) is 0 Å². The number of piperidine rings is 1. The second kappa shape index (κ2) is 10.3. The van der Waals surface area contributed by atoms with Crippen molar-refractivity contribution < 1.29 is 24.2 Å². The van der Waals surface area contributed by atoms with Crippen molar-refractivity contribution in [3.8, 4) is 11.8 Å². The Bertz CT molecular complexity index is 928. The van der Waals surface area contributed by atoms with Crippen LogP contribution in [0.25, 0.3) is 0 Å². The van der Waals surface area contributed by atoms with E-state index in [4.69, 9.17) is 4.74 Å². The summed E-state index contributed by atoms with van der Waals surface area (Å²) in [6, 6.07) is 7.17. The van der Waals surface area contributed by atoms with Crippen molar-refractivity contribution in [3.63, 3.8) is 0 Å². The molecule has 1 aliphatic carbocycles. The second-order valence-corrected chi connectivity index (χ2v) is 9.73. The molecule has 0 radical (unpaired) electrons. The lowest BCUT2D eigenvalue weighted by Crippen LogP contribution is -2.40. The third kappa shape index (κ3) is 7.22. The number of ether oxygens (including phenoxy) is 1. The lowest BCUT2D eigenvalue weighted by atomic mass is 9.97. The Morgan fingerprint density at radius 2 is 1.79 bits per heavy atom. The highest BCUT2D eigenvalue weighted by Crippen LogP contribution is 2.46. The first-order valence-corrected chi connectivity index (χ1v) is 11.4. The van der Waals surface area contributed by atoms with E-state index in [1.54, 1.807) is 12.1 Å². The molecule has 0 spiro atoms. The molecule has 0 aromatic heterocycles. The van der Waals surface area contributed by atoms with E-state index in [1.165, 1.54) is 0 Å². The molecular weight excluding hydrogens is 422 g/mol. The Morgan fingerprint density at radius 1 is 1.15 bits per heavy atom. The number of alkyl carbamates (subject to hydrolysis) is 1. The SMILES string of the molecule is CC(C)(C)OC(=O)NCCN1CCC(C#Cc2ccc(NC(=O)C3(C(=O)O)CC3)cc2)CC1. The first kappa shape index (κ1) is 24.6. The molecule has 1 heterocycles. The fourth-order valence-electron chi connectivity index (χ4n) is 3.67. The Balaban J connectivity index is 1.39. The minimum absolute atomic E-state index is 0.324. The van der Waals surface area contributed by atoms with Crippen LogP contribution in [0.4, 0.5) is 10.5 Å². The van der Waals surface area contributed by atoms with E-state index in [2.05, 4.69) is 27.4 Å². The van der Waals surface area contributed by atoms with E-state index in [0.717, 1.165) is 38.0 Å². The third-order valence-electron chi connectivity index (χ3n) is 5.84. The van der Waals surface area contributed by atoms with E-state index < -0.39 is 22.9 Å². The first-order valence-electron chi connectivity index (χ1n) is 11.4. The molecule has 33 heavy (non-hydrogen) atoms. The molecule has 3 rings (SSSR count). The molecule has 0 atom stereocenters. The van der Waals surface area contributed by atoms with E-state index in [1.807, 2.05) is 32.9 Å². The maximum atomic E-state index is 12.2. The number of rotatable bonds is 6. The summed E-state index contributed by atoms with van der Waals surface area (Å²) in [5.74, 6) is 5.34. The van der Waals surface area contributed by atoms with Gasteiger partial charge in [0.05, 0.1) is 0 Å². The summed E-state index contributed by atoms with van der Waals surface area (Å²) in [7, 11) is 0.